The standard InChI is InChI=1S/C7H13O3P/c1-3-10-11(4-2)6-5-7(8)9/h4H,2-3,5-6H2,1H3,(H,8,9). The van der Waals surface area contributed by atoms with Gasteiger partial charge in [0.2, 0.25) is 0 Å². The predicted octanol–water partition coefficient (Wildman–Crippen LogP) is 2.04. The summed E-state index contributed by atoms with van der Waals surface area (Å²) in [4.78, 5) is 10.1. The van der Waals surface area contributed by atoms with Crippen LogP contribution in [0.5, 0.6) is 0 Å². The summed E-state index contributed by atoms with van der Waals surface area (Å²) in [5.74, 6) is 0.918. The first-order valence-corrected chi connectivity index (χ1v) is 4.96. The van der Waals surface area contributed by atoms with E-state index in [1.165, 1.54) is 0 Å². The van der Waals surface area contributed by atoms with Crippen molar-refractivity contribution in [3.8, 4) is 0 Å². The van der Waals surface area contributed by atoms with E-state index in [1.807, 2.05) is 6.92 Å². The molecule has 1 atom stereocenters. The normalized spacial score (nSPS) is 12.5. The molecule has 1 unspecified atom stereocenters. The Kier molecular flexibility index (Phi) is 6.09. The number of hydrogen-bond donors (Lipinski definition) is 1. The lowest BCUT2D eigenvalue weighted by Crippen LogP contribution is -1.98. The Labute approximate surface area is 67.9 Å². The molecule has 0 aliphatic carbocycles. The van der Waals surface area contributed by atoms with Crippen LogP contribution in [0.2, 0.25) is 0 Å². The summed E-state index contributed by atoms with van der Waals surface area (Å²) in [5, 5.41) is 8.35. The van der Waals surface area contributed by atoms with Gasteiger partial charge in [-0.05, 0) is 12.7 Å². The largest absolute Gasteiger partial charge is 0.481 e. The highest BCUT2D eigenvalue weighted by Gasteiger charge is 2.05. The minimum Gasteiger partial charge on any atom is -0.481 e. The molecule has 0 fully saturated rings. The van der Waals surface area contributed by atoms with Crippen LogP contribution in [0.25, 0.3) is 0 Å². The lowest BCUT2D eigenvalue weighted by atomic mass is 10.5. The molecule has 0 amide bonds. The molecule has 0 heterocycles. The first-order valence-electron chi connectivity index (χ1n) is 3.44. The van der Waals surface area contributed by atoms with Gasteiger partial charge in [0.15, 0.2) is 0 Å². The van der Waals surface area contributed by atoms with Gasteiger partial charge in [-0.3, -0.25) is 4.79 Å². The SMILES string of the molecule is C=CP(CCC(=O)O)OCC. The van der Waals surface area contributed by atoms with Gasteiger partial charge in [0.25, 0.3) is 0 Å². The van der Waals surface area contributed by atoms with Crippen molar-refractivity contribution in [2.75, 3.05) is 12.8 Å². The monoisotopic (exact) mass is 176 g/mol. The third kappa shape index (κ3) is 6.02. The van der Waals surface area contributed by atoms with E-state index in [9.17, 15) is 4.79 Å². The number of hydrogen-bond acceptors (Lipinski definition) is 2. The third-order valence-electron chi connectivity index (χ3n) is 1.04. The molecule has 4 heteroatoms. The Hall–Kier alpha value is -0.400. The summed E-state index contributed by atoms with van der Waals surface area (Å²) in [5.41, 5.74) is 0. The molecule has 0 aliphatic heterocycles. The van der Waals surface area contributed by atoms with Gasteiger partial charge in [0, 0.05) is 12.8 Å². The van der Waals surface area contributed by atoms with Crippen molar-refractivity contribution < 1.29 is 14.4 Å². The maximum absolute atomic E-state index is 10.1. The molecule has 0 spiro atoms. The zero-order chi connectivity index (χ0) is 8.69. The molecule has 0 saturated heterocycles. The van der Waals surface area contributed by atoms with Crippen molar-refractivity contribution >= 4 is 14.1 Å². The van der Waals surface area contributed by atoms with E-state index in [1.54, 1.807) is 5.82 Å². The first kappa shape index (κ1) is 10.6. The molecule has 64 valence electrons. The van der Waals surface area contributed by atoms with Gasteiger partial charge in [-0.1, -0.05) is 6.58 Å². The van der Waals surface area contributed by atoms with Crippen LogP contribution in [0, 0.1) is 0 Å². The van der Waals surface area contributed by atoms with E-state index in [4.69, 9.17) is 9.63 Å². The number of carboxylic acid groups (broad SMARTS) is 1. The minimum absolute atomic E-state index is 0.164. The number of carbonyl (C=O) groups is 1. The Morgan fingerprint density at radius 1 is 1.82 bits per heavy atom. The Bertz CT molecular complexity index is 136. The molecule has 1 N–H and O–H groups in total. The fourth-order valence-corrected chi connectivity index (χ4v) is 1.74. The van der Waals surface area contributed by atoms with Crippen molar-refractivity contribution in [1.29, 1.82) is 0 Å². The molecule has 0 aromatic rings. The summed E-state index contributed by atoms with van der Waals surface area (Å²) in [6.07, 6.45) is 0.736. The van der Waals surface area contributed by atoms with Crippen LogP contribution in [0.3, 0.4) is 0 Å². The van der Waals surface area contributed by atoms with E-state index < -0.39 is 14.1 Å². The highest BCUT2D eigenvalue weighted by atomic mass is 31.1. The van der Waals surface area contributed by atoms with Crippen LogP contribution in [0.15, 0.2) is 12.4 Å². The van der Waals surface area contributed by atoms with Gasteiger partial charge >= 0.3 is 5.97 Å². The van der Waals surface area contributed by atoms with Gasteiger partial charge in [0.05, 0.1) is 14.6 Å². The summed E-state index contributed by atoms with van der Waals surface area (Å²) < 4.78 is 5.22. The molecule has 0 aromatic carbocycles. The van der Waals surface area contributed by atoms with E-state index in [-0.39, 0.29) is 6.42 Å². The van der Waals surface area contributed by atoms with Crippen LogP contribution in [0.1, 0.15) is 13.3 Å². The van der Waals surface area contributed by atoms with Crippen LogP contribution in [0.4, 0.5) is 0 Å². The van der Waals surface area contributed by atoms with Gasteiger partial charge in [-0.25, -0.2) is 0 Å². The highest BCUT2D eigenvalue weighted by molar-refractivity contribution is 7.55. The van der Waals surface area contributed by atoms with Crippen molar-refractivity contribution in [2.24, 2.45) is 0 Å². The average molecular weight is 176 g/mol. The second-order valence-electron chi connectivity index (χ2n) is 1.88. The molecule has 0 saturated carbocycles. The smallest absolute Gasteiger partial charge is 0.303 e. The third-order valence-corrected chi connectivity index (χ3v) is 2.71. The fraction of sp³-hybridized carbons (Fsp3) is 0.571. The van der Waals surface area contributed by atoms with Crippen LogP contribution < -0.4 is 0 Å². The summed E-state index contributed by atoms with van der Waals surface area (Å²) in [7, 11) is -0.708. The highest BCUT2D eigenvalue weighted by Crippen LogP contribution is 2.37. The molecule has 0 aliphatic rings. The lowest BCUT2D eigenvalue weighted by molar-refractivity contribution is -0.136. The molecular formula is C7H13O3P. The zero-order valence-electron chi connectivity index (χ0n) is 6.62. The number of rotatable bonds is 6. The maximum Gasteiger partial charge on any atom is 0.303 e. The maximum atomic E-state index is 10.1. The number of carboxylic acids is 1. The Morgan fingerprint density at radius 2 is 2.45 bits per heavy atom. The number of aliphatic carboxylic acids is 1. The molecule has 11 heavy (non-hydrogen) atoms. The lowest BCUT2D eigenvalue weighted by Gasteiger charge is -2.09. The predicted molar refractivity (Wildman–Crippen MR) is 45.9 cm³/mol. The first-order chi connectivity index (χ1) is 5.20. The van der Waals surface area contributed by atoms with E-state index in [0.717, 1.165) is 0 Å². The van der Waals surface area contributed by atoms with Crippen LogP contribution in [-0.4, -0.2) is 23.8 Å². The van der Waals surface area contributed by atoms with Crippen LogP contribution in [-0.2, 0) is 9.32 Å². The Morgan fingerprint density at radius 3 is 2.82 bits per heavy atom. The molecule has 0 rings (SSSR count). The van der Waals surface area contributed by atoms with Crippen molar-refractivity contribution in [3.05, 3.63) is 12.4 Å². The van der Waals surface area contributed by atoms with E-state index in [2.05, 4.69) is 6.58 Å². The van der Waals surface area contributed by atoms with Crippen molar-refractivity contribution in [1.82, 2.24) is 0 Å². The van der Waals surface area contributed by atoms with Gasteiger partial charge < -0.3 is 9.63 Å². The average Bonchev–Trinajstić information content (AvgIpc) is 1.97. The minimum atomic E-state index is -0.779. The van der Waals surface area contributed by atoms with Crippen molar-refractivity contribution in [3.63, 3.8) is 0 Å². The van der Waals surface area contributed by atoms with Crippen molar-refractivity contribution in [2.45, 2.75) is 13.3 Å². The molecule has 0 radical (unpaired) electrons. The summed E-state index contributed by atoms with van der Waals surface area (Å²) in [6, 6.07) is 0. The summed E-state index contributed by atoms with van der Waals surface area (Å²) in [6.45, 7) is 6.08. The molecule has 3 nitrogen and oxygen atoms in total. The topological polar surface area (TPSA) is 46.5 Å². The molecule has 0 bridgehead atoms. The summed E-state index contributed by atoms with van der Waals surface area (Å²) >= 11 is 0. The van der Waals surface area contributed by atoms with E-state index in [0.29, 0.717) is 12.8 Å². The molecular weight excluding hydrogens is 163 g/mol. The van der Waals surface area contributed by atoms with E-state index >= 15 is 0 Å². The zero-order valence-corrected chi connectivity index (χ0v) is 7.51. The van der Waals surface area contributed by atoms with Gasteiger partial charge in [-0.2, -0.15) is 0 Å². The second kappa shape index (κ2) is 6.32. The molecule has 0 aromatic heterocycles. The van der Waals surface area contributed by atoms with Crippen LogP contribution >= 0.6 is 8.15 Å². The Balaban J connectivity index is 3.51. The van der Waals surface area contributed by atoms with Gasteiger partial charge in [0.1, 0.15) is 0 Å². The quantitative estimate of drug-likeness (QED) is 0.630. The van der Waals surface area contributed by atoms with Gasteiger partial charge in [-0.15, -0.1) is 0 Å². The second-order valence-corrected chi connectivity index (χ2v) is 3.79. The fourth-order valence-electron chi connectivity index (χ4n) is 0.580.